The first kappa shape index (κ1) is 11.6. The average molecular weight is 213 g/mol. The Hall–Kier alpha value is -0.480. The van der Waals surface area contributed by atoms with Crippen LogP contribution >= 0.6 is 11.8 Å². The molecule has 0 radical (unpaired) electrons. The fourth-order valence-corrected chi connectivity index (χ4v) is 2.14. The standard InChI is InChI=1S/C10H19N3S/c1-3-13-7-10(6-12-13)8-14-9(2)4-5-11/h6-7,9H,3-5,8,11H2,1-2H3. The summed E-state index contributed by atoms with van der Waals surface area (Å²) in [6.07, 6.45) is 5.15. The molecule has 0 bridgehead atoms. The lowest BCUT2D eigenvalue weighted by atomic mass is 10.3. The molecule has 80 valence electrons. The Bertz CT molecular complexity index is 260. The monoisotopic (exact) mass is 213 g/mol. The summed E-state index contributed by atoms with van der Waals surface area (Å²) in [5.74, 6) is 1.04. The van der Waals surface area contributed by atoms with Crippen LogP contribution in [-0.2, 0) is 12.3 Å². The third kappa shape index (κ3) is 3.72. The lowest BCUT2D eigenvalue weighted by molar-refractivity contribution is 0.659. The molecule has 14 heavy (non-hydrogen) atoms. The summed E-state index contributed by atoms with van der Waals surface area (Å²) >= 11 is 1.94. The van der Waals surface area contributed by atoms with Gasteiger partial charge in [-0.15, -0.1) is 0 Å². The first-order valence-corrected chi connectivity index (χ1v) is 6.14. The fraction of sp³-hybridized carbons (Fsp3) is 0.700. The van der Waals surface area contributed by atoms with E-state index in [-0.39, 0.29) is 0 Å². The molecular formula is C10H19N3S. The molecule has 0 fully saturated rings. The van der Waals surface area contributed by atoms with Gasteiger partial charge >= 0.3 is 0 Å². The van der Waals surface area contributed by atoms with Crippen molar-refractivity contribution < 1.29 is 0 Å². The van der Waals surface area contributed by atoms with E-state index in [0.717, 1.165) is 25.3 Å². The number of hydrogen-bond donors (Lipinski definition) is 1. The molecule has 0 saturated heterocycles. The lowest BCUT2D eigenvalue weighted by Crippen LogP contribution is -2.07. The first-order valence-electron chi connectivity index (χ1n) is 5.09. The van der Waals surface area contributed by atoms with E-state index in [1.807, 2.05) is 22.6 Å². The number of nitrogens with two attached hydrogens (primary N) is 1. The zero-order chi connectivity index (χ0) is 10.4. The second kappa shape index (κ2) is 6.09. The van der Waals surface area contributed by atoms with E-state index in [0.29, 0.717) is 5.25 Å². The minimum absolute atomic E-state index is 0.643. The van der Waals surface area contributed by atoms with Gasteiger partial charge in [0.05, 0.1) is 6.20 Å². The predicted octanol–water partition coefficient (Wildman–Crippen LogP) is 1.87. The van der Waals surface area contributed by atoms with Crippen LogP contribution in [0.1, 0.15) is 25.8 Å². The van der Waals surface area contributed by atoms with Gasteiger partial charge in [-0.25, -0.2) is 0 Å². The number of aryl methyl sites for hydroxylation is 1. The Labute approximate surface area is 90.1 Å². The van der Waals surface area contributed by atoms with Gasteiger partial charge in [-0.1, -0.05) is 6.92 Å². The smallest absolute Gasteiger partial charge is 0.0530 e. The molecule has 1 unspecified atom stereocenters. The molecule has 0 amide bonds. The largest absolute Gasteiger partial charge is 0.330 e. The number of hydrogen-bond acceptors (Lipinski definition) is 3. The Morgan fingerprint density at radius 1 is 1.64 bits per heavy atom. The van der Waals surface area contributed by atoms with Gasteiger partial charge in [0.15, 0.2) is 0 Å². The average Bonchev–Trinajstić information content (AvgIpc) is 2.63. The summed E-state index contributed by atoms with van der Waals surface area (Å²) in [7, 11) is 0. The van der Waals surface area contributed by atoms with E-state index in [1.54, 1.807) is 0 Å². The summed E-state index contributed by atoms with van der Waals surface area (Å²) in [6.45, 7) is 6.05. The summed E-state index contributed by atoms with van der Waals surface area (Å²) in [5.41, 5.74) is 6.80. The van der Waals surface area contributed by atoms with Crippen molar-refractivity contribution in [1.82, 2.24) is 9.78 Å². The van der Waals surface area contributed by atoms with Gasteiger partial charge in [-0.3, -0.25) is 4.68 Å². The van der Waals surface area contributed by atoms with Crippen molar-refractivity contribution in [2.75, 3.05) is 6.54 Å². The molecule has 0 spiro atoms. The molecule has 4 heteroatoms. The molecule has 1 aromatic rings. The highest BCUT2D eigenvalue weighted by Crippen LogP contribution is 2.18. The second-order valence-corrected chi connectivity index (χ2v) is 4.83. The normalized spacial score (nSPS) is 13.1. The van der Waals surface area contributed by atoms with Crippen molar-refractivity contribution in [1.29, 1.82) is 0 Å². The minimum atomic E-state index is 0.643. The molecule has 0 saturated carbocycles. The highest BCUT2D eigenvalue weighted by molar-refractivity contribution is 7.99. The van der Waals surface area contributed by atoms with E-state index in [2.05, 4.69) is 25.1 Å². The zero-order valence-corrected chi connectivity index (χ0v) is 9.76. The predicted molar refractivity (Wildman–Crippen MR) is 62.3 cm³/mol. The number of thioether (sulfide) groups is 1. The molecule has 0 aliphatic rings. The second-order valence-electron chi connectivity index (χ2n) is 3.40. The highest BCUT2D eigenvalue weighted by Gasteiger charge is 2.03. The topological polar surface area (TPSA) is 43.8 Å². The van der Waals surface area contributed by atoms with Gasteiger partial charge in [0.1, 0.15) is 0 Å². The van der Waals surface area contributed by atoms with Crippen LogP contribution in [0.15, 0.2) is 12.4 Å². The van der Waals surface area contributed by atoms with E-state index in [9.17, 15) is 0 Å². The van der Waals surface area contributed by atoms with Gasteiger partial charge in [-0.2, -0.15) is 16.9 Å². The van der Waals surface area contributed by atoms with E-state index in [4.69, 9.17) is 5.73 Å². The summed E-state index contributed by atoms with van der Waals surface area (Å²) < 4.78 is 1.96. The Kier molecular flexibility index (Phi) is 5.04. The van der Waals surface area contributed by atoms with Crippen LogP contribution in [0, 0.1) is 0 Å². The van der Waals surface area contributed by atoms with Crippen LogP contribution in [0.2, 0.25) is 0 Å². The SMILES string of the molecule is CCn1cc(CSC(C)CCN)cn1. The zero-order valence-electron chi connectivity index (χ0n) is 8.94. The summed E-state index contributed by atoms with van der Waals surface area (Å²) in [5, 5.41) is 4.88. The van der Waals surface area contributed by atoms with Crippen molar-refractivity contribution >= 4 is 11.8 Å². The van der Waals surface area contributed by atoms with Crippen molar-refractivity contribution in [3.8, 4) is 0 Å². The van der Waals surface area contributed by atoms with Crippen LogP contribution < -0.4 is 5.73 Å². The molecule has 2 N–H and O–H groups in total. The van der Waals surface area contributed by atoms with E-state index < -0.39 is 0 Å². The quantitative estimate of drug-likeness (QED) is 0.784. The molecule has 0 aromatic carbocycles. The maximum Gasteiger partial charge on any atom is 0.0530 e. The third-order valence-electron chi connectivity index (χ3n) is 2.12. The summed E-state index contributed by atoms with van der Waals surface area (Å²) in [6, 6.07) is 0. The van der Waals surface area contributed by atoms with Crippen molar-refractivity contribution in [3.63, 3.8) is 0 Å². The summed E-state index contributed by atoms with van der Waals surface area (Å²) in [4.78, 5) is 0. The fourth-order valence-electron chi connectivity index (χ4n) is 1.21. The van der Waals surface area contributed by atoms with Crippen LogP contribution in [0.4, 0.5) is 0 Å². The van der Waals surface area contributed by atoms with E-state index >= 15 is 0 Å². The molecule has 1 rings (SSSR count). The maximum atomic E-state index is 5.49. The Morgan fingerprint density at radius 2 is 2.43 bits per heavy atom. The van der Waals surface area contributed by atoms with Crippen molar-refractivity contribution in [2.45, 2.75) is 37.8 Å². The van der Waals surface area contributed by atoms with Gasteiger partial charge in [-0.05, 0) is 25.5 Å². The highest BCUT2D eigenvalue weighted by atomic mass is 32.2. The first-order chi connectivity index (χ1) is 6.76. The van der Waals surface area contributed by atoms with Crippen LogP contribution in [-0.4, -0.2) is 21.6 Å². The molecule has 0 aliphatic heterocycles. The van der Waals surface area contributed by atoms with Crippen LogP contribution in [0.25, 0.3) is 0 Å². The molecule has 0 aliphatic carbocycles. The van der Waals surface area contributed by atoms with Crippen LogP contribution in [0.3, 0.4) is 0 Å². The molecule has 1 aromatic heterocycles. The molecular weight excluding hydrogens is 194 g/mol. The molecule has 3 nitrogen and oxygen atoms in total. The van der Waals surface area contributed by atoms with Crippen LogP contribution in [0.5, 0.6) is 0 Å². The van der Waals surface area contributed by atoms with Gasteiger partial charge in [0.2, 0.25) is 0 Å². The third-order valence-corrected chi connectivity index (χ3v) is 3.42. The lowest BCUT2D eigenvalue weighted by Gasteiger charge is -2.07. The van der Waals surface area contributed by atoms with Gasteiger partial charge in [0.25, 0.3) is 0 Å². The molecule has 1 heterocycles. The number of nitrogens with zero attached hydrogens (tertiary/aromatic N) is 2. The molecule has 1 atom stereocenters. The van der Waals surface area contributed by atoms with Gasteiger partial charge < -0.3 is 5.73 Å². The maximum absolute atomic E-state index is 5.49. The van der Waals surface area contributed by atoms with Crippen molar-refractivity contribution in [3.05, 3.63) is 18.0 Å². The van der Waals surface area contributed by atoms with E-state index in [1.165, 1.54) is 5.56 Å². The Morgan fingerprint density at radius 3 is 3.00 bits per heavy atom. The van der Waals surface area contributed by atoms with Gasteiger partial charge in [0, 0.05) is 23.7 Å². The Balaban J connectivity index is 2.30. The minimum Gasteiger partial charge on any atom is -0.330 e. The number of aromatic nitrogens is 2. The van der Waals surface area contributed by atoms with Crippen molar-refractivity contribution in [2.24, 2.45) is 5.73 Å². The number of rotatable bonds is 6.